The molecule has 104 valence electrons. The maximum absolute atomic E-state index is 11.9. The molecule has 3 heteroatoms. The Morgan fingerprint density at radius 1 is 1.00 bits per heavy atom. The zero-order valence-corrected chi connectivity index (χ0v) is 11.3. The molecule has 0 heterocycles. The Bertz CT molecular complexity index is 549. The number of carbonyl (C=O) groups is 1. The van der Waals surface area contributed by atoms with Crippen LogP contribution in [-0.2, 0) is 17.6 Å². The summed E-state index contributed by atoms with van der Waals surface area (Å²) in [6, 6.07) is 17.1. The Labute approximate surface area is 118 Å². The van der Waals surface area contributed by atoms with Gasteiger partial charge in [0.15, 0.2) is 5.78 Å². The lowest BCUT2D eigenvalue weighted by atomic mass is 10.1. The summed E-state index contributed by atoms with van der Waals surface area (Å²) in [5.41, 5.74) is 1.91. The van der Waals surface area contributed by atoms with Crippen LogP contribution >= 0.6 is 0 Å². The third-order valence-corrected chi connectivity index (χ3v) is 2.99. The van der Waals surface area contributed by atoms with Crippen molar-refractivity contribution in [3.05, 3.63) is 65.7 Å². The van der Waals surface area contributed by atoms with Crippen LogP contribution in [0.1, 0.15) is 11.1 Å². The SMILES string of the molecule is O=C(COc1ccccc1CCO)Cc1ccccc1. The summed E-state index contributed by atoms with van der Waals surface area (Å²) in [5, 5.41) is 8.99. The highest BCUT2D eigenvalue weighted by Crippen LogP contribution is 2.18. The second kappa shape index (κ2) is 7.46. The van der Waals surface area contributed by atoms with Gasteiger partial charge in [0.1, 0.15) is 12.4 Å². The monoisotopic (exact) mass is 270 g/mol. The number of hydrogen-bond donors (Lipinski definition) is 1. The van der Waals surface area contributed by atoms with E-state index in [4.69, 9.17) is 9.84 Å². The number of Topliss-reactive ketones (excluding diaryl/α,β-unsaturated/α-hetero) is 1. The van der Waals surface area contributed by atoms with E-state index in [-0.39, 0.29) is 19.0 Å². The molecule has 0 bridgehead atoms. The third-order valence-electron chi connectivity index (χ3n) is 2.99. The first-order valence-corrected chi connectivity index (χ1v) is 6.67. The van der Waals surface area contributed by atoms with Crippen molar-refractivity contribution in [2.24, 2.45) is 0 Å². The Kier molecular flexibility index (Phi) is 5.33. The molecule has 2 aromatic carbocycles. The summed E-state index contributed by atoms with van der Waals surface area (Å²) < 4.78 is 5.56. The lowest BCUT2D eigenvalue weighted by Gasteiger charge is -2.10. The second-order valence-corrected chi connectivity index (χ2v) is 4.57. The number of para-hydroxylation sites is 1. The normalized spacial score (nSPS) is 10.2. The zero-order valence-electron chi connectivity index (χ0n) is 11.3. The van der Waals surface area contributed by atoms with Crippen LogP contribution in [0.25, 0.3) is 0 Å². The van der Waals surface area contributed by atoms with Crippen molar-refractivity contribution < 1.29 is 14.6 Å². The molecular weight excluding hydrogens is 252 g/mol. The fraction of sp³-hybridized carbons (Fsp3) is 0.235. The fourth-order valence-electron chi connectivity index (χ4n) is 2.00. The van der Waals surface area contributed by atoms with Gasteiger partial charge in [-0.1, -0.05) is 48.5 Å². The minimum atomic E-state index is 0.0370. The molecule has 0 atom stereocenters. The highest BCUT2D eigenvalue weighted by Gasteiger charge is 2.07. The topological polar surface area (TPSA) is 46.5 Å². The maximum atomic E-state index is 11.9. The molecule has 1 N–H and O–H groups in total. The lowest BCUT2D eigenvalue weighted by molar-refractivity contribution is -0.120. The van der Waals surface area contributed by atoms with E-state index in [0.717, 1.165) is 11.1 Å². The number of aliphatic hydroxyl groups is 1. The third kappa shape index (κ3) is 4.21. The summed E-state index contributed by atoms with van der Waals surface area (Å²) in [4.78, 5) is 11.9. The molecule has 2 aromatic rings. The molecule has 0 aliphatic carbocycles. The summed E-state index contributed by atoms with van der Waals surface area (Å²) >= 11 is 0. The molecule has 0 aromatic heterocycles. The standard InChI is InChI=1S/C17H18O3/c18-11-10-15-8-4-5-9-17(15)20-13-16(19)12-14-6-2-1-3-7-14/h1-9,18H,10-13H2. The molecule has 2 rings (SSSR count). The van der Waals surface area contributed by atoms with Gasteiger partial charge in [0, 0.05) is 13.0 Å². The number of hydrogen-bond acceptors (Lipinski definition) is 3. The van der Waals surface area contributed by atoms with Gasteiger partial charge in [0.2, 0.25) is 0 Å². The number of rotatable bonds is 7. The van der Waals surface area contributed by atoms with Gasteiger partial charge in [-0.25, -0.2) is 0 Å². The summed E-state index contributed by atoms with van der Waals surface area (Å²) in [6.07, 6.45) is 0.909. The van der Waals surface area contributed by atoms with Gasteiger partial charge < -0.3 is 9.84 Å². The molecule has 0 saturated heterocycles. The molecule has 3 nitrogen and oxygen atoms in total. The van der Waals surface area contributed by atoms with Gasteiger partial charge in [-0.2, -0.15) is 0 Å². The van der Waals surface area contributed by atoms with E-state index in [2.05, 4.69) is 0 Å². The molecule has 0 aliphatic rings. The summed E-state index contributed by atoms with van der Waals surface area (Å²) in [5.74, 6) is 0.706. The zero-order chi connectivity index (χ0) is 14.2. The molecule has 20 heavy (non-hydrogen) atoms. The van der Waals surface area contributed by atoms with E-state index >= 15 is 0 Å². The van der Waals surface area contributed by atoms with Crippen molar-refractivity contribution >= 4 is 5.78 Å². The van der Waals surface area contributed by atoms with E-state index in [9.17, 15) is 4.79 Å². The van der Waals surface area contributed by atoms with Crippen LogP contribution < -0.4 is 4.74 Å². The molecule has 0 saturated carbocycles. The Morgan fingerprint density at radius 2 is 1.70 bits per heavy atom. The van der Waals surface area contributed by atoms with Crippen molar-refractivity contribution in [1.29, 1.82) is 0 Å². The Morgan fingerprint density at radius 3 is 2.45 bits per heavy atom. The first-order valence-electron chi connectivity index (χ1n) is 6.67. The van der Waals surface area contributed by atoms with Crippen molar-refractivity contribution in [2.45, 2.75) is 12.8 Å². The van der Waals surface area contributed by atoms with Gasteiger partial charge in [-0.15, -0.1) is 0 Å². The van der Waals surface area contributed by atoms with Crippen molar-refractivity contribution in [3.63, 3.8) is 0 Å². The van der Waals surface area contributed by atoms with Crippen molar-refractivity contribution in [3.8, 4) is 5.75 Å². The number of carbonyl (C=O) groups excluding carboxylic acids is 1. The molecule has 0 spiro atoms. The maximum Gasteiger partial charge on any atom is 0.174 e. The van der Waals surface area contributed by atoms with Crippen LogP contribution in [-0.4, -0.2) is 24.1 Å². The predicted molar refractivity (Wildman–Crippen MR) is 77.9 cm³/mol. The first kappa shape index (κ1) is 14.3. The first-order chi connectivity index (χ1) is 9.79. The molecule has 0 aliphatic heterocycles. The molecule has 0 unspecified atom stereocenters. The van der Waals surface area contributed by atoms with E-state index in [1.807, 2.05) is 54.6 Å². The van der Waals surface area contributed by atoms with E-state index in [1.54, 1.807) is 0 Å². The smallest absolute Gasteiger partial charge is 0.174 e. The molecule has 0 radical (unpaired) electrons. The quantitative estimate of drug-likeness (QED) is 0.840. The van der Waals surface area contributed by atoms with Gasteiger partial charge in [-0.05, 0) is 23.6 Å². The van der Waals surface area contributed by atoms with Crippen LogP contribution in [0.4, 0.5) is 0 Å². The summed E-state index contributed by atoms with van der Waals surface area (Å²) in [7, 11) is 0. The average molecular weight is 270 g/mol. The highest BCUT2D eigenvalue weighted by molar-refractivity contribution is 5.82. The Hall–Kier alpha value is -2.13. The lowest BCUT2D eigenvalue weighted by Crippen LogP contribution is -2.14. The van der Waals surface area contributed by atoms with Gasteiger partial charge >= 0.3 is 0 Å². The van der Waals surface area contributed by atoms with E-state index in [0.29, 0.717) is 18.6 Å². The summed E-state index contributed by atoms with van der Waals surface area (Å²) in [6.45, 7) is 0.121. The minimum Gasteiger partial charge on any atom is -0.486 e. The van der Waals surface area contributed by atoms with Crippen LogP contribution in [0.15, 0.2) is 54.6 Å². The molecule has 0 amide bonds. The van der Waals surface area contributed by atoms with Crippen molar-refractivity contribution in [2.75, 3.05) is 13.2 Å². The van der Waals surface area contributed by atoms with Crippen LogP contribution in [0.5, 0.6) is 5.75 Å². The molecule has 0 fully saturated rings. The van der Waals surface area contributed by atoms with Gasteiger partial charge in [-0.3, -0.25) is 4.79 Å². The average Bonchev–Trinajstić information content (AvgIpc) is 2.48. The van der Waals surface area contributed by atoms with Crippen molar-refractivity contribution in [1.82, 2.24) is 0 Å². The molecular formula is C17H18O3. The fourth-order valence-corrected chi connectivity index (χ4v) is 2.00. The number of ether oxygens (including phenoxy) is 1. The largest absolute Gasteiger partial charge is 0.486 e. The number of aliphatic hydroxyl groups excluding tert-OH is 1. The van der Waals surface area contributed by atoms with E-state index < -0.39 is 0 Å². The number of benzene rings is 2. The van der Waals surface area contributed by atoms with E-state index in [1.165, 1.54) is 0 Å². The second-order valence-electron chi connectivity index (χ2n) is 4.57. The highest BCUT2D eigenvalue weighted by atomic mass is 16.5. The predicted octanol–water partition coefficient (Wildman–Crippen LogP) is 2.41. The van der Waals surface area contributed by atoms with Crippen LogP contribution in [0.2, 0.25) is 0 Å². The number of ketones is 1. The Balaban J connectivity index is 1.90. The van der Waals surface area contributed by atoms with Gasteiger partial charge in [0.05, 0.1) is 0 Å². The minimum absolute atomic E-state index is 0.0370. The van der Waals surface area contributed by atoms with Gasteiger partial charge in [0.25, 0.3) is 0 Å². The van der Waals surface area contributed by atoms with Crippen LogP contribution in [0.3, 0.4) is 0 Å². The van der Waals surface area contributed by atoms with Crippen LogP contribution in [0, 0.1) is 0 Å².